The monoisotopic (exact) mass is 488 g/mol. The largest absolute Gasteiger partial charge is 0.416 e. The average Bonchev–Trinajstić information content (AvgIpc) is 3.23. The number of carbonyl (C=O) groups is 2. The smallest absolute Gasteiger partial charge is 0.343 e. The first-order valence-electron chi connectivity index (χ1n) is 11.0. The van der Waals surface area contributed by atoms with Crippen molar-refractivity contribution >= 4 is 17.5 Å². The van der Waals surface area contributed by atoms with Crippen molar-refractivity contribution in [2.75, 3.05) is 5.32 Å². The molecule has 2 amide bonds. The highest BCUT2D eigenvalue weighted by Crippen LogP contribution is 2.30. The first-order chi connectivity index (χ1) is 16.7. The van der Waals surface area contributed by atoms with Gasteiger partial charge in [-0.3, -0.25) is 14.3 Å². The third kappa shape index (κ3) is 7.39. The number of nitrogens with one attached hydrogen (secondary N) is 2. The molecule has 0 radical (unpaired) electrons. The second-order valence-corrected chi connectivity index (χ2v) is 7.91. The molecule has 0 bridgehead atoms. The fourth-order valence-electron chi connectivity index (χ4n) is 3.52. The van der Waals surface area contributed by atoms with E-state index >= 15 is 0 Å². The number of aromatic nitrogens is 2. The highest BCUT2D eigenvalue weighted by molar-refractivity contribution is 5.97. The summed E-state index contributed by atoms with van der Waals surface area (Å²) in [6.45, 7) is 0.139. The zero-order chi connectivity index (χ0) is 25.4. The zero-order valence-electron chi connectivity index (χ0n) is 18.9. The number of halogens is 3. The summed E-state index contributed by atoms with van der Waals surface area (Å²) < 4.78 is 40.6. The molecule has 1 unspecified atom stereocenters. The van der Waals surface area contributed by atoms with Crippen LogP contribution in [0.1, 0.15) is 28.9 Å². The van der Waals surface area contributed by atoms with E-state index < -0.39 is 29.6 Å². The SMILES string of the molecule is NCc1cc(CN)n(CC(=O)NC(CCc2ccccc2)C(=O)Nc2cccc(C(F)(F)F)c2)n1. The van der Waals surface area contributed by atoms with Gasteiger partial charge in [0, 0.05) is 18.8 Å². The lowest BCUT2D eigenvalue weighted by Gasteiger charge is -2.19. The number of rotatable bonds is 10. The predicted octanol–water partition coefficient (Wildman–Crippen LogP) is 2.58. The molecule has 3 rings (SSSR count). The van der Waals surface area contributed by atoms with Crippen molar-refractivity contribution in [3.63, 3.8) is 0 Å². The number of benzene rings is 2. The molecular formula is C24H27F3N6O2. The van der Waals surface area contributed by atoms with Gasteiger partial charge in [-0.25, -0.2) is 0 Å². The van der Waals surface area contributed by atoms with Crippen LogP contribution in [0.15, 0.2) is 60.7 Å². The normalized spacial score (nSPS) is 12.3. The summed E-state index contributed by atoms with van der Waals surface area (Å²) in [7, 11) is 0. The van der Waals surface area contributed by atoms with Gasteiger partial charge in [-0.1, -0.05) is 36.4 Å². The molecule has 35 heavy (non-hydrogen) atoms. The molecule has 1 aromatic heterocycles. The van der Waals surface area contributed by atoms with E-state index in [2.05, 4.69) is 15.7 Å². The van der Waals surface area contributed by atoms with Gasteiger partial charge in [-0.05, 0) is 42.7 Å². The molecule has 1 heterocycles. The molecule has 8 nitrogen and oxygen atoms in total. The molecule has 0 aliphatic carbocycles. The molecule has 186 valence electrons. The second kappa shape index (κ2) is 11.6. The van der Waals surface area contributed by atoms with E-state index in [1.165, 1.54) is 16.8 Å². The van der Waals surface area contributed by atoms with Gasteiger partial charge in [0.1, 0.15) is 12.6 Å². The Morgan fingerprint density at radius 3 is 2.40 bits per heavy atom. The molecule has 1 atom stereocenters. The van der Waals surface area contributed by atoms with Crippen LogP contribution in [-0.4, -0.2) is 27.6 Å². The maximum absolute atomic E-state index is 13.0. The quantitative estimate of drug-likeness (QED) is 0.349. The average molecular weight is 489 g/mol. The highest BCUT2D eigenvalue weighted by atomic mass is 19.4. The standard InChI is InChI=1S/C24H27F3N6O2/c25-24(26,27)17-7-4-8-18(11-17)30-23(35)21(10-9-16-5-2-1-3-6-16)31-22(34)15-33-20(14-29)12-19(13-28)32-33/h1-8,11-12,21H,9-10,13-15,28-29H2,(H,30,35)(H,31,34). The second-order valence-electron chi connectivity index (χ2n) is 7.91. The van der Waals surface area contributed by atoms with Crippen molar-refractivity contribution in [1.29, 1.82) is 0 Å². The van der Waals surface area contributed by atoms with Crippen molar-refractivity contribution in [3.8, 4) is 0 Å². The zero-order valence-corrected chi connectivity index (χ0v) is 18.9. The molecule has 0 saturated carbocycles. The fraction of sp³-hybridized carbons (Fsp3) is 0.292. The Morgan fingerprint density at radius 2 is 1.74 bits per heavy atom. The van der Waals surface area contributed by atoms with Crippen molar-refractivity contribution < 1.29 is 22.8 Å². The molecule has 0 spiro atoms. The molecule has 0 aliphatic heterocycles. The number of alkyl halides is 3. The van der Waals surface area contributed by atoms with Crippen LogP contribution in [0.4, 0.5) is 18.9 Å². The lowest BCUT2D eigenvalue weighted by atomic mass is 10.0. The molecule has 2 aromatic carbocycles. The van der Waals surface area contributed by atoms with Crippen LogP contribution in [-0.2, 0) is 41.8 Å². The Morgan fingerprint density at radius 1 is 1.00 bits per heavy atom. The molecule has 0 fully saturated rings. The molecule has 0 saturated heterocycles. The summed E-state index contributed by atoms with van der Waals surface area (Å²) in [6, 6.07) is 14.4. The molecule has 11 heteroatoms. The molecule has 0 aliphatic rings. The summed E-state index contributed by atoms with van der Waals surface area (Å²) in [4.78, 5) is 25.8. The lowest BCUT2D eigenvalue weighted by molar-refractivity contribution is -0.137. The van der Waals surface area contributed by atoms with E-state index in [4.69, 9.17) is 11.5 Å². The van der Waals surface area contributed by atoms with Gasteiger partial charge < -0.3 is 22.1 Å². The van der Waals surface area contributed by atoms with Crippen LogP contribution >= 0.6 is 0 Å². The number of hydrogen-bond acceptors (Lipinski definition) is 5. The predicted molar refractivity (Wildman–Crippen MR) is 125 cm³/mol. The summed E-state index contributed by atoms with van der Waals surface area (Å²) in [5.41, 5.74) is 12.5. The van der Waals surface area contributed by atoms with Crippen molar-refractivity contribution in [1.82, 2.24) is 15.1 Å². The van der Waals surface area contributed by atoms with Crippen molar-refractivity contribution in [2.24, 2.45) is 11.5 Å². The van der Waals surface area contributed by atoms with E-state index in [0.717, 1.165) is 17.7 Å². The molecule has 6 N–H and O–H groups in total. The minimum atomic E-state index is -4.55. The van der Waals surface area contributed by atoms with Gasteiger partial charge in [0.05, 0.1) is 17.0 Å². The number of anilines is 1. The molecular weight excluding hydrogens is 461 g/mol. The Bertz CT molecular complexity index is 1150. The van der Waals surface area contributed by atoms with E-state index in [0.29, 0.717) is 17.8 Å². The van der Waals surface area contributed by atoms with Gasteiger partial charge in [-0.15, -0.1) is 0 Å². The minimum Gasteiger partial charge on any atom is -0.343 e. The van der Waals surface area contributed by atoms with E-state index in [-0.39, 0.29) is 31.7 Å². The summed E-state index contributed by atoms with van der Waals surface area (Å²) in [5, 5.41) is 9.39. The van der Waals surface area contributed by atoms with E-state index in [1.807, 2.05) is 30.3 Å². The number of amides is 2. The topological polar surface area (TPSA) is 128 Å². The Kier molecular flexibility index (Phi) is 8.61. The molecule has 3 aromatic rings. The van der Waals surface area contributed by atoms with Crippen LogP contribution in [0.25, 0.3) is 0 Å². The van der Waals surface area contributed by atoms with Crippen LogP contribution in [0.2, 0.25) is 0 Å². The first-order valence-corrected chi connectivity index (χ1v) is 11.0. The van der Waals surface area contributed by atoms with Crippen LogP contribution in [0.5, 0.6) is 0 Å². The Labute approximate surface area is 200 Å². The summed E-state index contributed by atoms with van der Waals surface area (Å²) >= 11 is 0. The van der Waals surface area contributed by atoms with E-state index in [1.54, 1.807) is 6.07 Å². The van der Waals surface area contributed by atoms with Gasteiger partial charge in [0.25, 0.3) is 0 Å². The van der Waals surface area contributed by atoms with Crippen molar-refractivity contribution in [2.45, 2.75) is 44.7 Å². The number of nitrogens with two attached hydrogens (primary N) is 2. The third-order valence-electron chi connectivity index (χ3n) is 5.30. The number of nitrogens with zero attached hydrogens (tertiary/aromatic N) is 2. The maximum atomic E-state index is 13.0. The number of aryl methyl sites for hydroxylation is 1. The Balaban J connectivity index is 1.74. The minimum absolute atomic E-state index is 0.0196. The highest BCUT2D eigenvalue weighted by Gasteiger charge is 2.31. The van der Waals surface area contributed by atoms with Crippen LogP contribution in [0.3, 0.4) is 0 Å². The van der Waals surface area contributed by atoms with Crippen molar-refractivity contribution in [3.05, 3.63) is 83.2 Å². The maximum Gasteiger partial charge on any atom is 0.416 e. The van der Waals surface area contributed by atoms with Crippen LogP contribution < -0.4 is 22.1 Å². The summed E-state index contributed by atoms with van der Waals surface area (Å²) in [5.74, 6) is -1.13. The van der Waals surface area contributed by atoms with Gasteiger partial charge in [0.15, 0.2) is 0 Å². The third-order valence-corrected chi connectivity index (χ3v) is 5.30. The first kappa shape index (κ1) is 25.9. The van der Waals surface area contributed by atoms with Crippen LogP contribution in [0, 0.1) is 0 Å². The number of hydrogen-bond donors (Lipinski definition) is 4. The van der Waals surface area contributed by atoms with Gasteiger partial charge >= 0.3 is 6.18 Å². The van der Waals surface area contributed by atoms with Gasteiger partial charge in [-0.2, -0.15) is 18.3 Å². The van der Waals surface area contributed by atoms with Gasteiger partial charge in [0.2, 0.25) is 11.8 Å². The van der Waals surface area contributed by atoms with E-state index in [9.17, 15) is 22.8 Å². The lowest BCUT2D eigenvalue weighted by Crippen LogP contribution is -2.45. The summed E-state index contributed by atoms with van der Waals surface area (Å²) in [6.07, 6.45) is -3.85. The Hall–Kier alpha value is -3.70. The fourth-order valence-corrected chi connectivity index (χ4v) is 3.52. The number of carbonyl (C=O) groups excluding carboxylic acids is 2.